The van der Waals surface area contributed by atoms with Gasteiger partial charge in [0.05, 0.1) is 5.76 Å². The molecule has 0 heterocycles. The van der Waals surface area contributed by atoms with Gasteiger partial charge >= 0.3 is 0 Å². The standard InChI is InChI=1S/C8H13NO/c1-7(8(2)10)5-3-4-6-9/h3-6,10H,9H2,1-2H3/b5-3-,6-4+,8-7+. The molecule has 0 saturated heterocycles. The summed E-state index contributed by atoms with van der Waals surface area (Å²) in [4.78, 5) is 0. The first-order valence-corrected chi connectivity index (χ1v) is 3.10. The molecular formula is C8H13NO. The van der Waals surface area contributed by atoms with Crippen molar-refractivity contribution in [1.29, 1.82) is 0 Å². The fourth-order valence-corrected chi connectivity index (χ4v) is 0.385. The lowest BCUT2D eigenvalue weighted by Gasteiger charge is -1.91. The molecule has 0 amide bonds. The summed E-state index contributed by atoms with van der Waals surface area (Å²) >= 11 is 0. The van der Waals surface area contributed by atoms with E-state index in [0.717, 1.165) is 5.57 Å². The van der Waals surface area contributed by atoms with Crippen molar-refractivity contribution in [2.24, 2.45) is 5.73 Å². The van der Waals surface area contributed by atoms with Crippen molar-refractivity contribution in [2.45, 2.75) is 13.8 Å². The quantitative estimate of drug-likeness (QED) is 0.453. The molecule has 3 N–H and O–H groups in total. The minimum atomic E-state index is 0.335. The Morgan fingerprint density at radius 3 is 2.30 bits per heavy atom. The molecule has 0 radical (unpaired) electrons. The van der Waals surface area contributed by atoms with Gasteiger partial charge in [-0.2, -0.15) is 0 Å². The Labute approximate surface area is 61.4 Å². The maximum absolute atomic E-state index is 8.89. The van der Waals surface area contributed by atoms with Crippen LogP contribution in [0.2, 0.25) is 0 Å². The summed E-state index contributed by atoms with van der Waals surface area (Å²) in [7, 11) is 0. The van der Waals surface area contributed by atoms with E-state index in [1.54, 1.807) is 25.2 Å². The van der Waals surface area contributed by atoms with Crippen LogP contribution in [0.25, 0.3) is 0 Å². The zero-order valence-electron chi connectivity index (χ0n) is 6.33. The van der Waals surface area contributed by atoms with Crippen LogP contribution in [0.4, 0.5) is 0 Å². The van der Waals surface area contributed by atoms with Crippen molar-refractivity contribution in [3.05, 3.63) is 35.8 Å². The summed E-state index contributed by atoms with van der Waals surface area (Å²) in [5.41, 5.74) is 5.93. The van der Waals surface area contributed by atoms with Crippen molar-refractivity contribution in [2.75, 3.05) is 0 Å². The average molecular weight is 139 g/mol. The van der Waals surface area contributed by atoms with Crippen LogP contribution in [0, 0.1) is 0 Å². The second-order valence-corrected chi connectivity index (χ2v) is 2.01. The molecule has 10 heavy (non-hydrogen) atoms. The van der Waals surface area contributed by atoms with E-state index in [9.17, 15) is 0 Å². The predicted molar refractivity (Wildman–Crippen MR) is 43.5 cm³/mol. The van der Waals surface area contributed by atoms with Crippen LogP contribution in [0.5, 0.6) is 0 Å². The molecule has 2 nitrogen and oxygen atoms in total. The molecule has 56 valence electrons. The highest BCUT2D eigenvalue weighted by molar-refractivity contribution is 5.21. The van der Waals surface area contributed by atoms with Crippen LogP contribution in [0.15, 0.2) is 35.8 Å². The smallest absolute Gasteiger partial charge is 0.0920 e. The van der Waals surface area contributed by atoms with Crippen molar-refractivity contribution in [3.8, 4) is 0 Å². The summed E-state index contributed by atoms with van der Waals surface area (Å²) in [5, 5.41) is 8.89. The van der Waals surface area contributed by atoms with Crippen LogP contribution in [0.3, 0.4) is 0 Å². The summed E-state index contributed by atoms with van der Waals surface area (Å²) < 4.78 is 0. The minimum absolute atomic E-state index is 0.335. The third-order valence-corrected chi connectivity index (χ3v) is 1.14. The second kappa shape index (κ2) is 4.68. The van der Waals surface area contributed by atoms with Gasteiger partial charge in [0.1, 0.15) is 0 Å². The molecule has 0 fully saturated rings. The lowest BCUT2D eigenvalue weighted by Crippen LogP contribution is -1.77. The van der Waals surface area contributed by atoms with Crippen LogP contribution in [-0.4, -0.2) is 5.11 Å². The Hall–Kier alpha value is -1.18. The SMILES string of the molecule is C\C(O)=C(C)/C=C\C=C\N. The molecule has 0 aromatic rings. The third kappa shape index (κ3) is 3.78. The van der Waals surface area contributed by atoms with Gasteiger partial charge in [0.15, 0.2) is 0 Å². The van der Waals surface area contributed by atoms with Gasteiger partial charge in [0.25, 0.3) is 0 Å². The molecule has 0 aliphatic heterocycles. The number of aliphatic hydroxyl groups is 1. The van der Waals surface area contributed by atoms with Gasteiger partial charge < -0.3 is 10.8 Å². The summed E-state index contributed by atoms with van der Waals surface area (Å²) in [6.45, 7) is 3.47. The van der Waals surface area contributed by atoms with E-state index in [1.165, 1.54) is 6.20 Å². The van der Waals surface area contributed by atoms with Crippen LogP contribution in [-0.2, 0) is 0 Å². The van der Waals surface area contributed by atoms with Gasteiger partial charge in [-0.05, 0) is 31.7 Å². The summed E-state index contributed by atoms with van der Waals surface area (Å²) in [6, 6.07) is 0. The number of nitrogens with two attached hydrogens (primary N) is 1. The highest BCUT2D eigenvalue weighted by atomic mass is 16.3. The van der Waals surface area contributed by atoms with E-state index < -0.39 is 0 Å². The first-order chi connectivity index (χ1) is 4.68. The Balaban J connectivity index is 4.03. The third-order valence-electron chi connectivity index (χ3n) is 1.14. The van der Waals surface area contributed by atoms with Crippen molar-refractivity contribution in [1.82, 2.24) is 0 Å². The average Bonchev–Trinajstić information content (AvgIpc) is 1.88. The molecule has 0 aromatic heterocycles. The van der Waals surface area contributed by atoms with Crippen LogP contribution in [0.1, 0.15) is 13.8 Å². The summed E-state index contributed by atoms with van der Waals surface area (Å²) in [5.74, 6) is 0.335. The maximum atomic E-state index is 8.89. The lowest BCUT2D eigenvalue weighted by molar-refractivity contribution is 0.409. The number of allylic oxidation sites excluding steroid dienone is 5. The Kier molecular flexibility index (Phi) is 4.12. The Morgan fingerprint density at radius 1 is 1.30 bits per heavy atom. The number of hydrogen-bond donors (Lipinski definition) is 2. The molecule has 2 heteroatoms. The molecule has 0 atom stereocenters. The van der Waals surface area contributed by atoms with Gasteiger partial charge in [-0.1, -0.05) is 12.2 Å². The number of aliphatic hydroxyl groups excluding tert-OH is 1. The highest BCUT2D eigenvalue weighted by Crippen LogP contribution is 2.00. The van der Waals surface area contributed by atoms with E-state index in [1.807, 2.05) is 6.92 Å². The monoisotopic (exact) mass is 139 g/mol. The molecule has 0 spiro atoms. The molecule has 0 aliphatic carbocycles. The molecule has 0 rings (SSSR count). The second-order valence-electron chi connectivity index (χ2n) is 2.01. The van der Waals surface area contributed by atoms with Gasteiger partial charge in [-0.3, -0.25) is 0 Å². The molecule has 0 saturated carbocycles. The topological polar surface area (TPSA) is 46.2 Å². The lowest BCUT2D eigenvalue weighted by atomic mass is 10.2. The van der Waals surface area contributed by atoms with E-state index in [4.69, 9.17) is 10.8 Å². The fourth-order valence-electron chi connectivity index (χ4n) is 0.385. The molecule has 0 aromatic carbocycles. The van der Waals surface area contributed by atoms with Gasteiger partial charge in [0.2, 0.25) is 0 Å². The van der Waals surface area contributed by atoms with Gasteiger partial charge in [0, 0.05) is 0 Å². The number of rotatable bonds is 2. The van der Waals surface area contributed by atoms with Gasteiger partial charge in [-0.25, -0.2) is 0 Å². The van der Waals surface area contributed by atoms with Gasteiger partial charge in [-0.15, -0.1) is 0 Å². The van der Waals surface area contributed by atoms with Crippen molar-refractivity contribution >= 4 is 0 Å². The van der Waals surface area contributed by atoms with E-state index in [-0.39, 0.29) is 0 Å². The molecule has 0 bridgehead atoms. The minimum Gasteiger partial charge on any atom is -0.512 e. The van der Waals surface area contributed by atoms with Crippen LogP contribution < -0.4 is 5.73 Å². The van der Waals surface area contributed by atoms with E-state index >= 15 is 0 Å². The van der Waals surface area contributed by atoms with E-state index in [2.05, 4.69) is 0 Å². The molecular weight excluding hydrogens is 126 g/mol. The normalized spacial score (nSPS) is 14.6. The first kappa shape index (κ1) is 8.82. The Bertz CT molecular complexity index is 174. The first-order valence-electron chi connectivity index (χ1n) is 3.10. The number of hydrogen-bond acceptors (Lipinski definition) is 2. The predicted octanol–water partition coefficient (Wildman–Crippen LogP) is 1.87. The fraction of sp³-hybridized carbons (Fsp3) is 0.250. The largest absolute Gasteiger partial charge is 0.512 e. The molecule has 0 aliphatic rings. The highest BCUT2D eigenvalue weighted by Gasteiger charge is 1.84. The zero-order chi connectivity index (χ0) is 7.98. The molecule has 0 unspecified atom stereocenters. The maximum Gasteiger partial charge on any atom is 0.0920 e. The summed E-state index contributed by atoms with van der Waals surface area (Å²) in [6.07, 6.45) is 6.71. The van der Waals surface area contributed by atoms with Crippen molar-refractivity contribution in [3.63, 3.8) is 0 Å². The van der Waals surface area contributed by atoms with Crippen molar-refractivity contribution < 1.29 is 5.11 Å². The zero-order valence-corrected chi connectivity index (χ0v) is 6.33. The van der Waals surface area contributed by atoms with E-state index in [0.29, 0.717) is 5.76 Å². The van der Waals surface area contributed by atoms with Crippen LogP contribution >= 0.6 is 0 Å². The Morgan fingerprint density at radius 2 is 1.90 bits per heavy atom.